The summed E-state index contributed by atoms with van der Waals surface area (Å²) in [6.07, 6.45) is 0. The van der Waals surface area contributed by atoms with E-state index in [4.69, 9.17) is 9.26 Å². The highest BCUT2D eigenvalue weighted by Gasteiger charge is 2.18. The molecule has 3 aromatic rings. The van der Waals surface area contributed by atoms with E-state index in [1.54, 1.807) is 25.5 Å². The van der Waals surface area contributed by atoms with Gasteiger partial charge in [-0.25, -0.2) is 13.4 Å². The van der Waals surface area contributed by atoms with Gasteiger partial charge in [-0.1, -0.05) is 5.16 Å². The lowest BCUT2D eigenvalue weighted by Crippen LogP contribution is -2.08. The first kappa shape index (κ1) is 16.7. The molecule has 0 bridgehead atoms. The number of rotatable bonds is 6. The number of thiazole rings is 1. The second kappa shape index (κ2) is 6.74. The summed E-state index contributed by atoms with van der Waals surface area (Å²) in [6, 6.07) is 9.11. The number of methoxy groups -OCH3 is 1. The second-order valence-electron chi connectivity index (χ2n) is 5.33. The van der Waals surface area contributed by atoms with Crippen molar-refractivity contribution in [1.82, 2.24) is 10.1 Å². The molecule has 0 unspecified atom stereocenters. The molecule has 0 radical (unpaired) electrons. The molecule has 0 aliphatic carbocycles. The number of benzene rings is 1. The SMILES string of the molecule is COc1ccc(-c2nc(CS(=O)(=O)Cc3cc(C)on3)cs2)cc1. The van der Waals surface area contributed by atoms with Crippen LogP contribution in [0.1, 0.15) is 17.1 Å². The van der Waals surface area contributed by atoms with Crippen molar-refractivity contribution in [2.45, 2.75) is 18.4 Å². The van der Waals surface area contributed by atoms with Gasteiger partial charge in [-0.3, -0.25) is 0 Å². The number of nitrogens with zero attached hydrogens (tertiary/aromatic N) is 2. The van der Waals surface area contributed by atoms with Crippen molar-refractivity contribution in [2.75, 3.05) is 7.11 Å². The summed E-state index contributed by atoms with van der Waals surface area (Å²) < 4.78 is 34.6. The normalized spacial score (nSPS) is 11.6. The van der Waals surface area contributed by atoms with E-state index in [9.17, 15) is 8.42 Å². The minimum Gasteiger partial charge on any atom is -0.497 e. The highest BCUT2D eigenvalue weighted by molar-refractivity contribution is 7.89. The molecule has 3 rings (SSSR count). The summed E-state index contributed by atoms with van der Waals surface area (Å²) >= 11 is 1.42. The van der Waals surface area contributed by atoms with E-state index < -0.39 is 9.84 Å². The topological polar surface area (TPSA) is 82.3 Å². The van der Waals surface area contributed by atoms with Gasteiger partial charge in [0, 0.05) is 17.0 Å². The summed E-state index contributed by atoms with van der Waals surface area (Å²) in [7, 11) is -1.74. The van der Waals surface area contributed by atoms with Crippen LogP contribution in [0.4, 0.5) is 0 Å². The van der Waals surface area contributed by atoms with Gasteiger partial charge in [0.05, 0.1) is 30.0 Å². The Labute approximate surface area is 144 Å². The number of hydrogen-bond acceptors (Lipinski definition) is 7. The van der Waals surface area contributed by atoms with Crippen LogP contribution in [-0.4, -0.2) is 25.7 Å². The van der Waals surface area contributed by atoms with E-state index in [0.29, 0.717) is 17.1 Å². The monoisotopic (exact) mass is 364 g/mol. The average molecular weight is 364 g/mol. The van der Waals surface area contributed by atoms with Gasteiger partial charge < -0.3 is 9.26 Å². The molecule has 0 aliphatic rings. The Morgan fingerprint density at radius 1 is 1.17 bits per heavy atom. The quantitative estimate of drug-likeness (QED) is 0.668. The van der Waals surface area contributed by atoms with Gasteiger partial charge in [0.15, 0.2) is 9.84 Å². The fourth-order valence-electron chi connectivity index (χ4n) is 2.23. The molecule has 126 valence electrons. The zero-order chi connectivity index (χ0) is 17.2. The highest BCUT2D eigenvalue weighted by atomic mass is 32.2. The van der Waals surface area contributed by atoms with Crippen molar-refractivity contribution in [3.05, 3.63) is 52.9 Å². The molecule has 0 aliphatic heterocycles. The lowest BCUT2D eigenvalue weighted by atomic mass is 10.2. The third-order valence-electron chi connectivity index (χ3n) is 3.30. The van der Waals surface area contributed by atoms with Crippen LogP contribution in [0.15, 0.2) is 40.2 Å². The maximum atomic E-state index is 12.3. The molecule has 8 heteroatoms. The van der Waals surface area contributed by atoms with Crippen LogP contribution >= 0.6 is 11.3 Å². The van der Waals surface area contributed by atoms with Crippen molar-refractivity contribution in [3.8, 4) is 16.3 Å². The van der Waals surface area contributed by atoms with Gasteiger partial charge in [-0.15, -0.1) is 11.3 Å². The van der Waals surface area contributed by atoms with E-state index in [2.05, 4.69) is 10.1 Å². The zero-order valence-corrected chi connectivity index (χ0v) is 14.9. The molecule has 0 saturated heterocycles. The fraction of sp³-hybridized carbons (Fsp3) is 0.250. The zero-order valence-electron chi connectivity index (χ0n) is 13.2. The summed E-state index contributed by atoms with van der Waals surface area (Å²) in [5, 5.41) is 6.27. The van der Waals surface area contributed by atoms with Crippen LogP contribution in [0.5, 0.6) is 5.75 Å². The van der Waals surface area contributed by atoms with Crippen LogP contribution < -0.4 is 4.74 Å². The molecule has 1 aromatic carbocycles. The molecular formula is C16H16N2O4S2. The fourth-order valence-corrected chi connectivity index (χ4v) is 4.45. The molecule has 0 spiro atoms. The summed E-state index contributed by atoms with van der Waals surface area (Å²) in [5.41, 5.74) is 1.88. The van der Waals surface area contributed by atoms with Crippen molar-refractivity contribution in [1.29, 1.82) is 0 Å². The minimum absolute atomic E-state index is 0.119. The summed E-state index contributed by atoms with van der Waals surface area (Å²) in [5.74, 6) is 1.09. The van der Waals surface area contributed by atoms with Gasteiger partial charge in [0.1, 0.15) is 16.5 Å². The largest absolute Gasteiger partial charge is 0.497 e. The number of aromatic nitrogens is 2. The van der Waals surface area contributed by atoms with Crippen molar-refractivity contribution < 1.29 is 17.7 Å². The first-order valence-corrected chi connectivity index (χ1v) is 9.87. The number of aryl methyl sites for hydroxylation is 1. The molecule has 0 N–H and O–H groups in total. The maximum Gasteiger partial charge on any atom is 0.161 e. The summed E-state index contributed by atoms with van der Waals surface area (Å²) in [4.78, 5) is 4.42. The van der Waals surface area contributed by atoms with E-state index in [1.165, 1.54) is 11.3 Å². The number of hydrogen-bond donors (Lipinski definition) is 0. The average Bonchev–Trinajstić information content (AvgIpc) is 3.15. The van der Waals surface area contributed by atoms with Crippen LogP contribution in [0.25, 0.3) is 10.6 Å². The Morgan fingerprint density at radius 2 is 1.88 bits per heavy atom. The van der Waals surface area contributed by atoms with Crippen molar-refractivity contribution >= 4 is 21.2 Å². The van der Waals surface area contributed by atoms with Gasteiger partial charge in [-0.05, 0) is 31.2 Å². The molecule has 0 fully saturated rings. The van der Waals surface area contributed by atoms with Crippen molar-refractivity contribution in [3.63, 3.8) is 0 Å². The summed E-state index contributed by atoms with van der Waals surface area (Å²) in [6.45, 7) is 1.73. The Kier molecular flexibility index (Phi) is 4.68. The van der Waals surface area contributed by atoms with Crippen molar-refractivity contribution in [2.24, 2.45) is 0 Å². The first-order valence-electron chi connectivity index (χ1n) is 7.16. The van der Waals surface area contributed by atoms with Crippen LogP contribution in [0.3, 0.4) is 0 Å². The first-order chi connectivity index (χ1) is 11.4. The Hall–Kier alpha value is -2.19. The predicted octanol–water partition coefficient (Wildman–Crippen LogP) is 3.23. The van der Waals surface area contributed by atoms with Crippen LogP contribution in [0, 0.1) is 6.92 Å². The van der Waals surface area contributed by atoms with Gasteiger partial charge >= 0.3 is 0 Å². The Balaban J connectivity index is 1.72. The molecular weight excluding hydrogens is 348 g/mol. The molecule has 0 atom stereocenters. The van der Waals surface area contributed by atoms with Gasteiger partial charge in [-0.2, -0.15) is 0 Å². The van der Waals surface area contributed by atoms with E-state index in [0.717, 1.165) is 16.3 Å². The third kappa shape index (κ3) is 4.01. The lowest BCUT2D eigenvalue weighted by Gasteiger charge is -2.01. The van der Waals surface area contributed by atoms with E-state index in [-0.39, 0.29) is 11.5 Å². The van der Waals surface area contributed by atoms with E-state index >= 15 is 0 Å². The smallest absolute Gasteiger partial charge is 0.161 e. The minimum atomic E-state index is -3.35. The van der Waals surface area contributed by atoms with Crippen LogP contribution in [-0.2, 0) is 21.3 Å². The molecule has 6 nitrogen and oxygen atoms in total. The third-order valence-corrected chi connectivity index (χ3v) is 5.71. The van der Waals surface area contributed by atoms with Gasteiger partial charge in [0.25, 0.3) is 0 Å². The number of ether oxygens (including phenoxy) is 1. The molecule has 2 heterocycles. The molecule has 0 amide bonds. The highest BCUT2D eigenvalue weighted by Crippen LogP contribution is 2.26. The Morgan fingerprint density at radius 3 is 2.50 bits per heavy atom. The Bertz CT molecular complexity index is 927. The predicted molar refractivity (Wildman–Crippen MR) is 91.7 cm³/mol. The van der Waals surface area contributed by atoms with Crippen LogP contribution in [0.2, 0.25) is 0 Å². The maximum absolute atomic E-state index is 12.3. The molecule has 24 heavy (non-hydrogen) atoms. The second-order valence-corrected chi connectivity index (χ2v) is 8.26. The lowest BCUT2D eigenvalue weighted by molar-refractivity contribution is 0.392. The molecule has 0 saturated carbocycles. The molecule has 2 aromatic heterocycles. The van der Waals surface area contributed by atoms with E-state index in [1.807, 2.05) is 24.3 Å². The van der Waals surface area contributed by atoms with Gasteiger partial charge in [0.2, 0.25) is 0 Å². The standard InChI is InChI=1S/C16H16N2O4S2/c1-11-7-13(18-22-11)9-24(19,20)10-14-8-23-16(17-14)12-3-5-15(21-2)6-4-12/h3-8H,9-10H2,1-2H3. The number of sulfone groups is 1.